The highest BCUT2D eigenvalue weighted by atomic mass is 35.5. The van der Waals surface area contributed by atoms with E-state index in [1.54, 1.807) is 11.3 Å². The summed E-state index contributed by atoms with van der Waals surface area (Å²) in [5.41, 5.74) is 4.66. The second kappa shape index (κ2) is 9.20. The minimum Gasteiger partial charge on any atom is -0.378 e. The van der Waals surface area contributed by atoms with Gasteiger partial charge in [-0.15, -0.1) is 22.9 Å². The van der Waals surface area contributed by atoms with E-state index < -0.39 is 15.3 Å². The van der Waals surface area contributed by atoms with Crippen molar-refractivity contribution in [2.24, 2.45) is 0 Å². The highest BCUT2D eigenvalue weighted by Crippen LogP contribution is 2.43. The lowest BCUT2D eigenvalue weighted by Crippen LogP contribution is -2.33. The minimum absolute atomic E-state index is 0.0818. The van der Waals surface area contributed by atoms with Crippen molar-refractivity contribution in [3.63, 3.8) is 0 Å². The highest BCUT2D eigenvalue weighted by Gasteiger charge is 2.32. The van der Waals surface area contributed by atoms with Gasteiger partial charge in [0.25, 0.3) is 0 Å². The molecule has 1 aromatic carbocycles. The quantitative estimate of drug-likeness (QED) is 0.417. The Bertz CT molecular complexity index is 1240. The van der Waals surface area contributed by atoms with Gasteiger partial charge in [-0.3, -0.25) is 4.72 Å². The summed E-state index contributed by atoms with van der Waals surface area (Å²) in [5, 5.41) is 0.337. The SMILES string of the molecule is CCc1sc2nc(C)cc(NS(=O)(=O)C3CCCC(Cl)C3)c2c1-c1cccc(N(C)C)c1. The van der Waals surface area contributed by atoms with Crippen molar-refractivity contribution in [2.75, 3.05) is 23.7 Å². The molecule has 172 valence electrons. The molecule has 0 saturated heterocycles. The second-order valence-corrected chi connectivity index (χ2v) is 12.4. The van der Waals surface area contributed by atoms with Crippen LogP contribution in [0.25, 0.3) is 21.3 Å². The van der Waals surface area contributed by atoms with Gasteiger partial charge in [-0.1, -0.05) is 25.5 Å². The number of benzene rings is 1. The van der Waals surface area contributed by atoms with Crippen LogP contribution in [-0.2, 0) is 16.4 Å². The van der Waals surface area contributed by atoms with Crippen LogP contribution in [-0.4, -0.2) is 38.1 Å². The van der Waals surface area contributed by atoms with Crippen LogP contribution in [0, 0.1) is 6.92 Å². The van der Waals surface area contributed by atoms with Crippen molar-refractivity contribution in [2.45, 2.75) is 56.6 Å². The Morgan fingerprint density at radius 3 is 2.72 bits per heavy atom. The largest absolute Gasteiger partial charge is 0.378 e. The zero-order chi connectivity index (χ0) is 23.0. The number of alkyl halides is 1. The van der Waals surface area contributed by atoms with E-state index in [4.69, 9.17) is 16.6 Å². The topological polar surface area (TPSA) is 62.3 Å². The molecule has 0 amide bonds. The third-order valence-electron chi connectivity index (χ3n) is 6.09. The zero-order valence-corrected chi connectivity index (χ0v) is 21.4. The van der Waals surface area contributed by atoms with Gasteiger partial charge in [0.05, 0.1) is 10.9 Å². The van der Waals surface area contributed by atoms with Gasteiger partial charge in [0.2, 0.25) is 10.0 Å². The van der Waals surface area contributed by atoms with E-state index in [1.165, 1.54) is 4.88 Å². The number of hydrogen-bond acceptors (Lipinski definition) is 5. The second-order valence-electron chi connectivity index (χ2n) is 8.72. The Labute approximate surface area is 199 Å². The maximum absolute atomic E-state index is 13.3. The van der Waals surface area contributed by atoms with Crippen LogP contribution >= 0.6 is 22.9 Å². The molecule has 0 radical (unpaired) electrons. The predicted molar refractivity (Wildman–Crippen MR) is 138 cm³/mol. The van der Waals surface area contributed by atoms with E-state index in [2.05, 4.69) is 34.7 Å². The van der Waals surface area contributed by atoms with Gasteiger partial charge in [-0.05, 0) is 56.4 Å². The van der Waals surface area contributed by atoms with Crippen LogP contribution in [0.3, 0.4) is 0 Å². The molecule has 2 atom stereocenters. The summed E-state index contributed by atoms with van der Waals surface area (Å²) < 4.78 is 29.6. The molecule has 1 fully saturated rings. The molecule has 4 rings (SSSR count). The number of nitrogens with zero attached hydrogens (tertiary/aromatic N) is 2. The maximum atomic E-state index is 13.3. The third-order valence-corrected chi connectivity index (χ3v) is 9.52. The Morgan fingerprint density at radius 1 is 1.25 bits per heavy atom. The van der Waals surface area contributed by atoms with Crippen molar-refractivity contribution >= 4 is 54.6 Å². The van der Waals surface area contributed by atoms with Gasteiger partial charge in [-0.2, -0.15) is 0 Å². The standard InChI is InChI=1S/C24H30ClN3O2S2/c1-5-21-22(16-8-6-10-18(13-16)28(3)4)23-20(12-15(2)26-24(23)31-21)27-32(29,30)19-11-7-9-17(25)14-19/h6,8,10,12-13,17,19H,5,7,9,11,14H2,1-4H3,(H,26,27). The summed E-state index contributed by atoms with van der Waals surface area (Å²) in [6.07, 6.45) is 3.71. The maximum Gasteiger partial charge on any atom is 0.235 e. The minimum atomic E-state index is -3.56. The number of pyridine rings is 1. The Balaban J connectivity index is 1.87. The number of aryl methyl sites for hydroxylation is 2. The number of nitrogens with one attached hydrogen (secondary N) is 1. The molecule has 1 N–H and O–H groups in total. The summed E-state index contributed by atoms with van der Waals surface area (Å²) in [7, 11) is 0.475. The van der Waals surface area contributed by atoms with Gasteiger partial charge in [0.15, 0.2) is 0 Å². The molecule has 0 bridgehead atoms. The number of thiophene rings is 1. The number of anilines is 2. The van der Waals surface area contributed by atoms with E-state index in [-0.39, 0.29) is 5.38 Å². The third kappa shape index (κ3) is 4.61. The average molecular weight is 492 g/mol. The first-order valence-electron chi connectivity index (χ1n) is 11.1. The average Bonchev–Trinajstić information content (AvgIpc) is 3.12. The fraction of sp³-hybridized carbons (Fsp3) is 0.458. The molecule has 0 spiro atoms. The summed E-state index contributed by atoms with van der Waals surface area (Å²) in [4.78, 5) is 8.89. The number of hydrogen-bond donors (Lipinski definition) is 1. The molecular weight excluding hydrogens is 462 g/mol. The van der Waals surface area contributed by atoms with Crippen LogP contribution < -0.4 is 9.62 Å². The van der Waals surface area contributed by atoms with Crippen molar-refractivity contribution in [1.29, 1.82) is 0 Å². The van der Waals surface area contributed by atoms with Gasteiger partial charge in [0, 0.05) is 46.7 Å². The van der Waals surface area contributed by atoms with Gasteiger partial charge in [0.1, 0.15) is 4.83 Å². The van der Waals surface area contributed by atoms with Crippen molar-refractivity contribution in [1.82, 2.24) is 4.98 Å². The van der Waals surface area contributed by atoms with Crippen LogP contribution in [0.4, 0.5) is 11.4 Å². The Morgan fingerprint density at radius 2 is 2.03 bits per heavy atom. The summed E-state index contributed by atoms with van der Waals surface area (Å²) in [5.74, 6) is 0. The van der Waals surface area contributed by atoms with E-state index in [1.807, 2.05) is 33.2 Å². The molecule has 2 unspecified atom stereocenters. The van der Waals surface area contributed by atoms with Crippen LogP contribution in [0.5, 0.6) is 0 Å². The van der Waals surface area contributed by atoms with E-state index >= 15 is 0 Å². The Hall–Kier alpha value is -1.83. The molecular formula is C24H30ClN3O2S2. The van der Waals surface area contributed by atoms with Crippen LogP contribution in [0.15, 0.2) is 30.3 Å². The summed E-state index contributed by atoms with van der Waals surface area (Å²) >= 11 is 7.95. The zero-order valence-electron chi connectivity index (χ0n) is 19.0. The number of aromatic nitrogens is 1. The molecule has 2 aromatic heterocycles. The fourth-order valence-corrected chi connectivity index (χ4v) is 7.72. The molecule has 1 aliphatic carbocycles. The lowest BCUT2D eigenvalue weighted by atomic mass is 10.00. The molecule has 8 heteroatoms. The lowest BCUT2D eigenvalue weighted by molar-refractivity contribution is 0.491. The smallest absolute Gasteiger partial charge is 0.235 e. The molecule has 1 aliphatic rings. The molecule has 0 aliphatic heterocycles. The highest BCUT2D eigenvalue weighted by molar-refractivity contribution is 7.93. The number of halogens is 1. The molecule has 3 aromatic rings. The van der Waals surface area contributed by atoms with Gasteiger partial charge in [-0.25, -0.2) is 13.4 Å². The lowest BCUT2D eigenvalue weighted by Gasteiger charge is -2.26. The van der Waals surface area contributed by atoms with Crippen LogP contribution in [0.1, 0.15) is 43.2 Å². The number of sulfonamides is 1. The van der Waals surface area contributed by atoms with Crippen molar-refractivity contribution in [3.05, 3.63) is 40.9 Å². The summed E-state index contributed by atoms with van der Waals surface area (Å²) in [6.45, 7) is 4.04. The van der Waals surface area contributed by atoms with E-state index in [0.29, 0.717) is 18.5 Å². The normalized spacial score (nSPS) is 19.3. The van der Waals surface area contributed by atoms with Crippen molar-refractivity contribution in [3.8, 4) is 11.1 Å². The Kier molecular flexibility index (Phi) is 6.71. The van der Waals surface area contributed by atoms with Crippen LogP contribution in [0.2, 0.25) is 0 Å². The molecule has 5 nitrogen and oxygen atoms in total. The first kappa shape index (κ1) is 23.3. The monoisotopic (exact) mass is 491 g/mol. The van der Waals surface area contributed by atoms with Gasteiger partial charge < -0.3 is 4.90 Å². The molecule has 2 heterocycles. The number of rotatable bonds is 6. The molecule has 1 saturated carbocycles. The van der Waals surface area contributed by atoms with E-state index in [0.717, 1.165) is 52.0 Å². The van der Waals surface area contributed by atoms with E-state index in [9.17, 15) is 8.42 Å². The fourth-order valence-electron chi connectivity index (χ4n) is 4.45. The first-order chi connectivity index (χ1) is 15.2. The predicted octanol–water partition coefficient (Wildman–Crippen LogP) is 6.19. The molecule has 32 heavy (non-hydrogen) atoms. The summed E-state index contributed by atoms with van der Waals surface area (Å²) in [6, 6.07) is 10.2. The first-order valence-corrected chi connectivity index (χ1v) is 13.9. The van der Waals surface area contributed by atoms with Gasteiger partial charge >= 0.3 is 0 Å². The van der Waals surface area contributed by atoms with Crippen molar-refractivity contribution < 1.29 is 8.42 Å². The number of fused-ring (bicyclic) bond motifs is 1.